The number of hydrogen-bond donors (Lipinski definition) is 2. The molecule has 0 bridgehead atoms. The van der Waals surface area contributed by atoms with Crippen LogP contribution in [0.25, 0.3) is 0 Å². The van der Waals surface area contributed by atoms with E-state index < -0.39 is 6.35 Å². The summed E-state index contributed by atoms with van der Waals surface area (Å²) in [7, 11) is 7.07. The molecule has 2 unspecified atom stereocenters. The quantitative estimate of drug-likeness (QED) is 0.776. The fourth-order valence-corrected chi connectivity index (χ4v) is 3.89. The van der Waals surface area contributed by atoms with Crippen LogP contribution in [0.3, 0.4) is 0 Å². The Labute approximate surface area is 154 Å². The fraction of sp³-hybridized carbons (Fsp3) is 0.556. The molecule has 8 heteroatoms. The SMILES string of the molecule is CNC1=C(N(C)CN2CCCC2c2cccnc2)N(C)C(O)N(C)C1=O. The Morgan fingerprint density at radius 1 is 1.38 bits per heavy atom. The van der Waals surface area contributed by atoms with Gasteiger partial charge >= 0.3 is 0 Å². The summed E-state index contributed by atoms with van der Waals surface area (Å²) in [5, 5.41) is 13.4. The number of likely N-dealkylation sites (N-methyl/N-ethyl adjacent to an activating group) is 2. The topological polar surface area (TPSA) is 75.2 Å². The van der Waals surface area contributed by atoms with Crippen LogP contribution in [-0.4, -0.2) is 83.4 Å². The van der Waals surface area contributed by atoms with Crippen molar-refractivity contribution >= 4 is 5.91 Å². The standard InChI is InChI=1S/C18H28N6O2/c1-19-15-16(22(3)18(26)23(4)17(15)25)21(2)12-24-10-6-8-14(24)13-7-5-9-20-11-13/h5,7,9,11,14,18-19,26H,6,8,10,12H2,1-4H3. The highest BCUT2D eigenvalue weighted by Gasteiger charge is 2.37. The molecule has 0 saturated carbocycles. The molecular weight excluding hydrogens is 332 g/mol. The molecule has 8 nitrogen and oxygen atoms in total. The van der Waals surface area contributed by atoms with Crippen molar-refractivity contribution < 1.29 is 9.90 Å². The van der Waals surface area contributed by atoms with Crippen LogP contribution in [0.5, 0.6) is 0 Å². The van der Waals surface area contributed by atoms with Crippen LogP contribution in [0.15, 0.2) is 36.0 Å². The van der Waals surface area contributed by atoms with Crippen molar-refractivity contribution in [2.45, 2.75) is 25.2 Å². The van der Waals surface area contributed by atoms with Crippen LogP contribution in [0.2, 0.25) is 0 Å². The summed E-state index contributed by atoms with van der Waals surface area (Å²) in [6.07, 6.45) is 4.96. The number of nitrogens with zero attached hydrogens (tertiary/aromatic N) is 5. The van der Waals surface area contributed by atoms with Crippen molar-refractivity contribution in [3.63, 3.8) is 0 Å². The molecule has 1 saturated heterocycles. The van der Waals surface area contributed by atoms with Crippen LogP contribution in [-0.2, 0) is 4.79 Å². The van der Waals surface area contributed by atoms with E-state index >= 15 is 0 Å². The molecule has 0 radical (unpaired) electrons. The first-order valence-corrected chi connectivity index (χ1v) is 8.91. The van der Waals surface area contributed by atoms with Gasteiger partial charge in [0.2, 0.25) is 6.35 Å². The Morgan fingerprint density at radius 2 is 2.15 bits per heavy atom. The first kappa shape index (κ1) is 18.5. The average molecular weight is 360 g/mol. The molecule has 0 aliphatic carbocycles. The molecule has 1 aromatic heterocycles. The zero-order valence-corrected chi connectivity index (χ0v) is 15.9. The van der Waals surface area contributed by atoms with Gasteiger partial charge in [-0.15, -0.1) is 0 Å². The second-order valence-electron chi connectivity index (χ2n) is 6.92. The maximum absolute atomic E-state index is 12.5. The lowest BCUT2D eigenvalue weighted by Crippen LogP contribution is -2.57. The number of nitrogens with one attached hydrogen (secondary N) is 1. The number of amides is 1. The maximum Gasteiger partial charge on any atom is 0.276 e. The lowest BCUT2D eigenvalue weighted by atomic mass is 10.1. The maximum atomic E-state index is 12.5. The molecular formula is C18H28N6O2. The van der Waals surface area contributed by atoms with Gasteiger partial charge in [-0.1, -0.05) is 6.07 Å². The minimum Gasteiger partial charge on any atom is -0.381 e. The summed E-state index contributed by atoms with van der Waals surface area (Å²) >= 11 is 0. The summed E-state index contributed by atoms with van der Waals surface area (Å²) in [5.74, 6) is 0.477. The number of pyridine rings is 1. The molecule has 2 aliphatic heterocycles. The Balaban J connectivity index is 1.83. The predicted octanol–water partition coefficient (Wildman–Crippen LogP) is 0.176. The number of hydrogen-bond acceptors (Lipinski definition) is 7. The van der Waals surface area contributed by atoms with Gasteiger partial charge < -0.3 is 20.2 Å². The van der Waals surface area contributed by atoms with Crippen LogP contribution >= 0.6 is 0 Å². The van der Waals surface area contributed by atoms with Gasteiger partial charge in [0, 0.05) is 53.2 Å². The Hall–Kier alpha value is -2.32. The number of aliphatic hydroxyl groups is 1. The van der Waals surface area contributed by atoms with E-state index in [1.807, 2.05) is 24.2 Å². The van der Waals surface area contributed by atoms with Gasteiger partial charge in [-0.05, 0) is 24.5 Å². The highest BCUT2D eigenvalue weighted by molar-refractivity contribution is 5.94. The first-order chi connectivity index (χ1) is 12.5. The summed E-state index contributed by atoms with van der Waals surface area (Å²) in [5.41, 5.74) is 1.70. The number of likely N-dealkylation sites (tertiary alicyclic amines) is 1. The van der Waals surface area contributed by atoms with Gasteiger partial charge in [0.1, 0.15) is 11.5 Å². The van der Waals surface area contributed by atoms with Gasteiger partial charge in [0.15, 0.2) is 0 Å². The Bertz CT molecular complexity index is 680. The molecule has 2 N–H and O–H groups in total. The van der Waals surface area contributed by atoms with E-state index in [9.17, 15) is 9.90 Å². The highest BCUT2D eigenvalue weighted by atomic mass is 16.3. The third kappa shape index (κ3) is 3.22. The van der Waals surface area contributed by atoms with Crippen LogP contribution < -0.4 is 5.32 Å². The second kappa shape index (κ2) is 7.51. The van der Waals surface area contributed by atoms with Crippen LogP contribution in [0, 0.1) is 0 Å². The number of carbonyl (C=O) groups is 1. The minimum atomic E-state index is -0.982. The lowest BCUT2D eigenvalue weighted by molar-refractivity contribution is -0.153. The predicted molar refractivity (Wildman–Crippen MR) is 98.2 cm³/mol. The van der Waals surface area contributed by atoms with Crippen LogP contribution in [0.4, 0.5) is 0 Å². The Kier molecular flexibility index (Phi) is 5.33. The molecule has 0 spiro atoms. The number of rotatable bonds is 5. The molecule has 0 aromatic carbocycles. The van der Waals surface area contributed by atoms with E-state index in [1.165, 1.54) is 10.5 Å². The van der Waals surface area contributed by atoms with E-state index in [2.05, 4.69) is 21.3 Å². The molecule has 1 amide bonds. The van der Waals surface area contributed by atoms with Crippen molar-refractivity contribution in [3.05, 3.63) is 41.6 Å². The summed E-state index contributed by atoms with van der Waals surface area (Å²) in [6, 6.07) is 4.40. The molecule has 3 rings (SSSR count). The van der Waals surface area contributed by atoms with Gasteiger partial charge in [-0.2, -0.15) is 0 Å². The van der Waals surface area contributed by atoms with Gasteiger partial charge in [-0.3, -0.25) is 19.6 Å². The number of aliphatic hydroxyl groups excluding tert-OH is 1. The largest absolute Gasteiger partial charge is 0.381 e. The van der Waals surface area contributed by atoms with Crippen molar-refractivity contribution in [3.8, 4) is 0 Å². The fourth-order valence-electron chi connectivity index (χ4n) is 3.89. The third-order valence-corrected chi connectivity index (χ3v) is 5.22. The van der Waals surface area contributed by atoms with Crippen molar-refractivity contribution in [1.82, 2.24) is 29.9 Å². The van der Waals surface area contributed by atoms with E-state index in [0.29, 0.717) is 24.2 Å². The van der Waals surface area contributed by atoms with Gasteiger partial charge in [0.05, 0.1) is 6.67 Å². The van der Waals surface area contributed by atoms with Crippen molar-refractivity contribution in [1.29, 1.82) is 0 Å². The van der Waals surface area contributed by atoms with E-state index in [-0.39, 0.29) is 5.91 Å². The molecule has 3 heterocycles. The van der Waals surface area contributed by atoms with Gasteiger partial charge in [-0.25, -0.2) is 0 Å². The molecule has 142 valence electrons. The first-order valence-electron chi connectivity index (χ1n) is 8.91. The average Bonchev–Trinajstić information content (AvgIpc) is 3.11. The third-order valence-electron chi connectivity index (χ3n) is 5.22. The number of aromatic nitrogens is 1. The summed E-state index contributed by atoms with van der Waals surface area (Å²) < 4.78 is 0. The molecule has 1 fully saturated rings. The zero-order valence-electron chi connectivity index (χ0n) is 15.9. The smallest absolute Gasteiger partial charge is 0.276 e. The molecule has 1 aromatic rings. The molecule has 2 atom stereocenters. The van der Waals surface area contributed by atoms with E-state index in [1.54, 1.807) is 32.2 Å². The lowest BCUT2D eigenvalue weighted by Gasteiger charge is -2.44. The van der Waals surface area contributed by atoms with Crippen LogP contribution in [0.1, 0.15) is 24.4 Å². The van der Waals surface area contributed by atoms with E-state index in [4.69, 9.17) is 0 Å². The van der Waals surface area contributed by atoms with Crippen molar-refractivity contribution in [2.24, 2.45) is 0 Å². The second-order valence-corrected chi connectivity index (χ2v) is 6.92. The summed E-state index contributed by atoms with van der Waals surface area (Å²) in [6.45, 7) is 1.65. The highest BCUT2D eigenvalue weighted by Crippen LogP contribution is 2.32. The molecule has 26 heavy (non-hydrogen) atoms. The minimum absolute atomic E-state index is 0.217. The molecule has 2 aliphatic rings. The Morgan fingerprint density at radius 3 is 2.81 bits per heavy atom. The number of carbonyl (C=O) groups excluding carboxylic acids is 1. The summed E-state index contributed by atoms with van der Waals surface area (Å²) in [4.78, 5) is 24.2. The van der Waals surface area contributed by atoms with Crippen molar-refractivity contribution in [2.75, 3.05) is 41.4 Å². The zero-order chi connectivity index (χ0) is 18.8. The monoisotopic (exact) mass is 360 g/mol. The van der Waals surface area contributed by atoms with Gasteiger partial charge in [0.25, 0.3) is 5.91 Å². The van der Waals surface area contributed by atoms with E-state index in [0.717, 1.165) is 19.4 Å². The normalized spacial score (nSPS) is 24.4.